The van der Waals surface area contributed by atoms with Crippen molar-refractivity contribution < 1.29 is 18.3 Å². The quantitative estimate of drug-likeness (QED) is 0.910. The summed E-state index contributed by atoms with van der Waals surface area (Å²) in [5, 5.41) is 21.3. The van der Waals surface area contributed by atoms with Crippen LogP contribution in [0, 0.1) is 11.3 Å². The molecule has 22 heavy (non-hydrogen) atoms. The molecule has 114 valence electrons. The molecule has 2 rings (SSSR count). The molecule has 0 spiro atoms. The first-order valence-electron chi connectivity index (χ1n) is 6.35. The monoisotopic (exact) mass is 307 g/mol. The van der Waals surface area contributed by atoms with Crippen molar-refractivity contribution in [2.75, 3.05) is 11.9 Å². The summed E-state index contributed by atoms with van der Waals surface area (Å²) in [4.78, 5) is 3.80. The standard InChI is InChI=1S/C15H12F3N3O/c16-15(17,18)12-2-1-10(8-19)7-13(12)21-9-14(22)11-3-5-20-6-4-11/h1-7,14,21-22H,9H2/t14-/m1/s1. The van der Waals surface area contributed by atoms with Gasteiger partial charge in [0.1, 0.15) is 0 Å². The van der Waals surface area contributed by atoms with Crippen molar-refractivity contribution in [2.24, 2.45) is 0 Å². The largest absolute Gasteiger partial charge is 0.418 e. The van der Waals surface area contributed by atoms with E-state index in [1.165, 1.54) is 12.4 Å². The van der Waals surface area contributed by atoms with E-state index in [9.17, 15) is 18.3 Å². The number of hydrogen-bond donors (Lipinski definition) is 2. The fraction of sp³-hybridized carbons (Fsp3) is 0.200. The smallest absolute Gasteiger partial charge is 0.387 e. The Kier molecular flexibility index (Phi) is 4.63. The average molecular weight is 307 g/mol. The summed E-state index contributed by atoms with van der Waals surface area (Å²) < 4.78 is 38.8. The maximum absolute atomic E-state index is 12.9. The van der Waals surface area contributed by atoms with Gasteiger partial charge in [-0.25, -0.2) is 0 Å². The number of aliphatic hydroxyl groups excluding tert-OH is 1. The van der Waals surface area contributed by atoms with Gasteiger partial charge in [-0.3, -0.25) is 4.98 Å². The zero-order valence-corrected chi connectivity index (χ0v) is 11.3. The van der Waals surface area contributed by atoms with Crippen LogP contribution < -0.4 is 5.32 Å². The molecule has 1 heterocycles. The first kappa shape index (κ1) is 15.8. The number of hydrogen-bond acceptors (Lipinski definition) is 4. The first-order valence-corrected chi connectivity index (χ1v) is 6.35. The van der Waals surface area contributed by atoms with Crippen molar-refractivity contribution in [3.05, 3.63) is 59.4 Å². The molecule has 0 bridgehead atoms. The Balaban J connectivity index is 2.20. The van der Waals surface area contributed by atoms with Crippen molar-refractivity contribution in [2.45, 2.75) is 12.3 Å². The van der Waals surface area contributed by atoms with E-state index in [4.69, 9.17) is 5.26 Å². The highest BCUT2D eigenvalue weighted by Crippen LogP contribution is 2.35. The average Bonchev–Trinajstić information content (AvgIpc) is 2.52. The third kappa shape index (κ3) is 3.74. The summed E-state index contributed by atoms with van der Waals surface area (Å²) in [7, 11) is 0. The first-order chi connectivity index (χ1) is 10.4. The van der Waals surface area contributed by atoms with Gasteiger partial charge in [-0.1, -0.05) is 0 Å². The summed E-state index contributed by atoms with van der Waals surface area (Å²) in [6.07, 6.45) is -2.57. The van der Waals surface area contributed by atoms with E-state index in [1.807, 2.05) is 0 Å². The lowest BCUT2D eigenvalue weighted by Crippen LogP contribution is -2.16. The van der Waals surface area contributed by atoms with E-state index in [1.54, 1.807) is 18.2 Å². The fourth-order valence-electron chi connectivity index (χ4n) is 1.92. The van der Waals surface area contributed by atoms with Crippen LogP contribution >= 0.6 is 0 Å². The minimum Gasteiger partial charge on any atom is -0.387 e. The van der Waals surface area contributed by atoms with Crippen LogP contribution in [0.1, 0.15) is 22.8 Å². The lowest BCUT2D eigenvalue weighted by atomic mass is 10.1. The molecular weight excluding hydrogens is 295 g/mol. The summed E-state index contributed by atoms with van der Waals surface area (Å²) >= 11 is 0. The van der Waals surface area contributed by atoms with Crippen LogP contribution in [0.5, 0.6) is 0 Å². The van der Waals surface area contributed by atoms with Gasteiger partial charge >= 0.3 is 6.18 Å². The minimum absolute atomic E-state index is 0.105. The summed E-state index contributed by atoms with van der Waals surface area (Å²) in [6, 6.07) is 8.00. The maximum Gasteiger partial charge on any atom is 0.418 e. The molecule has 4 nitrogen and oxygen atoms in total. The lowest BCUT2D eigenvalue weighted by molar-refractivity contribution is -0.137. The molecule has 0 saturated carbocycles. The molecule has 1 atom stereocenters. The zero-order chi connectivity index (χ0) is 16.2. The van der Waals surface area contributed by atoms with Gasteiger partial charge < -0.3 is 10.4 Å². The van der Waals surface area contributed by atoms with E-state index in [0.29, 0.717) is 5.56 Å². The van der Waals surface area contributed by atoms with Crippen LogP contribution in [0.4, 0.5) is 18.9 Å². The van der Waals surface area contributed by atoms with Gasteiger partial charge in [0.15, 0.2) is 0 Å². The number of halogens is 3. The second-order valence-electron chi connectivity index (χ2n) is 4.55. The molecule has 1 aromatic heterocycles. The molecule has 0 unspecified atom stereocenters. The number of nitrogens with zero attached hydrogens (tertiary/aromatic N) is 2. The number of aromatic nitrogens is 1. The number of benzene rings is 1. The number of nitrogens with one attached hydrogen (secondary N) is 1. The van der Waals surface area contributed by atoms with E-state index in [-0.39, 0.29) is 17.8 Å². The SMILES string of the molecule is N#Cc1ccc(C(F)(F)F)c(NC[C@@H](O)c2ccncc2)c1. The summed E-state index contributed by atoms with van der Waals surface area (Å²) in [5.41, 5.74) is -0.477. The molecule has 0 fully saturated rings. The predicted octanol–water partition coefficient (Wildman–Crippen LogP) is 3.12. The van der Waals surface area contributed by atoms with E-state index in [2.05, 4.69) is 10.3 Å². The highest BCUT2D eigenvalue weighted by molar-refractivity contribution is 5.57. The fourth-order valence-corrected chi connectivity index (χ4v) is 1.92. The Morgan fingerprint density at radius 3 is 2.50 bits per heavy atom. The van der Waals surface area contributed by atoms with Crippen LogP contribution in [0.2, 0.25) is 0 Å². The normalized spacial score (nSPS) is 12.5. The van der Waals surface area contributed by atoms with Crippen molar-refractivity contribution in [1.82, 2.24) is 4.98 Å². The topological polar surface area (TPSA) is 68.9 Å². The Bertz CT molecular complexity index is 681. The molecule has 7 heteroatoms. The molecule has 1 aromatic carbocycles. The Morgan fingerprint density at radius 1 is 1.23 bits per heavy atom. The molecule has 0 aliphatic carbocycles. The molecule has 0 saturated heterocycles. The zero-order valence-electron chi connectivity index (χ0n) is 11.3. The molecule has 2 N–H and O–H groups in total. The highest BCUT2D eigenvalue weighted by atomic mass is 19.4. The maximum atomic E-state index is 12.9. The van der Waals surface area contributed by atoms with Gasteiger partial charge in [0.25, 0.3) is 0 Å². The van der Waals surface area contributed by atoms with Gasteiger partial charge in [-0.2, -0.15) is 18.4 Å². The van der Waals surface area contributed by atoms with E-state index >= 15 is 0 Å². The number of nitriles is 1. The van der Waals surface area contributed by atoms with Crippen LogP contribution in [0.15, 0.2) is 42.7 Å². The summed E-state index contributed by atoms with van der Waals surface area (Å²) in [6.45, 7) is -0.123. The van der Waals surface area contributed by atoms with Crippen molar-refractivity contribution in [1.29, 1.82) is 5.26 Å². The van der Waals surface area contributed by atoms with E-state index < -0.39 is 17.8 Å². The Hall–Kier alpha value is -2.59. The van der Waals surface area contributed by atoms with Crippen LogP contribution in [0.3, 0.4) is 0 Å². The van der Waals surface area contributed by atoms with Crippen molar-refractivity contribution in [3.8, 4) is 6.07 Å². The number of alkyl halides is 3. The second-order valence-corrected chi connectivity index (χ2v) is 4.55. The van der Waals surface area contributed by atoms with Gasteiger partial charge in [0, 0.05) is 24.6 Å². The van der Waals surface area contributed by atoms with Gasteiger partial charge in [-0.05, 0) is 35.9 Å². The van der Waals surface area contributed by atoms with Crippen LogP contribution in [0.25, 0.3) is 0 Å². The minimum atomic E-state index is -4.54. The predicted molar refractivity (Wildman–Crippen MR) is 73.8 cm³/mol. The molecular formula is C15H12F3N3O. The number of anilines is 1. The third-order valence-corrected chi connectivity index (χ3v) is 3.03. The van der Waals surface area contributed by atoms with Gasteiger partial charge in [0.2, 0.25) is 0 Å². The Labute approximate surface area is 124 Å². The van der Waals surface area contributed by atoms with E-state index in [0.717, 1.165) is 18.2 Å². The van der Waals surface area contributed by atoms with Gasteiger partial charge in [0.05, 0.1) is 23.3 Å². The molecule has 0 amide bonds. The summed E-state index contributed by atoms with van der Waals surface area (Å²) in [5.74, 6) is 0. The molecule has 2 aromatic rings. The molecule has 0 radical (unpaired) electrons. The highest BCUT2D eigenvalue weighted by Gasteiger charge is 2.33. The van der Waals surface area contributed by atoms with Gasteiger partial charge in [-0.15, -0.1) is 0 Å². The van der Waals surface area contributed by atoms with Crippen molar-refractivity contribution in [3.63, 3.8) is 0 Å². The Morgan fingerprint density at radius 2 is 1.91 bits per heavy atom. The van der Waals surface area contributed by atoms with Crippen LogP contribution in [-0.4, -0.2) is 16.6 Å². The van der Waals surface area contributed by atoms with Crippen molar-refractivity contribution >= 4 is 5.69 Å². The molecule has 0 aliphatic heterocycles. The number of rotatable bonds is 4. The second kappa shape index (κ2) is 6.45. The third-order valence-electron chi connectivity index (χ3n) is 3.03. The number of pyridine rings is 1. The molecule has 0 aliphatic rings. The van der Waals surface area contributed by atoms with Crippen LogP contribution in [-0.2, 0) is 6.18 Å². The lowest BCUT2D eigenvalue weighted by Gasteiger charge is -2.17. The number of aliphatic hydroxyl groups is 1.